The lowest BCUT2D eigenvalue weighted by Gasteiger charge is -2.32. The Bertz CT molecular complexity index is 1030. The number of piperidine rings is 1. The van der Waals surface area contributed by atoms with E-state index in [0.29, 0.717) is 30.4 Å². The van der Waals surface area contributed by atoms with Crippen molar-refractivity contribution in [1.29, 1.82) is 0 Å². The summed E-state index contributed by atoms with van der Waals surface area (Å²) in [5.74, 6) is 1.74. The highest BCUT2D eigenvalue weighted by Gasteiger charge is 2.48. The Morgan fingerprint density at radius 1 is 1.03 bits per heavy atom. The second-order valence-electron chi connectivity index (χ2n) is 7.24. The molecule has 2 aromatic rings. The molecule has 31 heavy (non-hydrogen) atoms. The number of alkyl halides is 3. The maximum absolute atomic E-state index is 12.5. The van der Waals surface area contributed by atoms with E-state index in [-0.39, 0.29) is 24.4 Å². The Kier molecular flexibility index (Phi) is 5.89. The van der Waals surface area contributed by atoms with Gasteiger partial charge in [0.2, 0.25) is 6.79 Å². The largest absolute Gasteiger partial charge is 0.534 e. The molecule has 0 saturated carbocycles. The number of benzene rings is 2. The van der Waals surface area contributed by atoms with Crippen molar-refractivity contribution in [1.82, 2.24) is 5.32 Å². The van der Waals surface area contributed by atoms with Crippen LogP contribution in [-0.2, 0) is 10.1 Å². The van der Waals surface area contributed by atoms with Gasteiger partial charge < -0.3 is 23.7 Å². The van der Waals surface area contributed by atoms with Gasteiger partial charge in [0.25, 0.3) is 0 Å². The molecule has 11 heteroatoms. The van der Waals surface area contributed by atoms with Gasteiger partial charge in [-0.05, 0) is 48.7 Å². The molecule has 0 amide bonds. The van der Waals surface area contributed by atoms with Gasteiger partial charge in [-0.2, -0.15) is 21.6 Å². The van der Waals surface area contributed by atoms with Gasteiger partial charge >= 0.3 is 15.6 Å². The Hall–Kier alpha value is -2.66. The lowest BCUT2D eigenvalue weighted by atomic mass is 9.81. The number of fused-ring (bicyclic) bond motifs is 1. The summed E-state index contributed by atoms with van der Waals surface area (Å²) in [5, 5.41) is 3.32. The van der Waals surface area contributed by atoms with Crippen LogP contribution in [-0.4, -0.2) is 40.4 Å². The maximum Gasteiger partial charge on any atom is 0.534 e. The number of ether oxygens (including phenoxy) is 3. The number of hydrogen-bond donors (Lipinski definition) is 1. The molecule has 0 radical (unpaired) electrons. The zero-order chi connectivity index (χ0) is 22.1. The molecule has 1 saturated heterocycles. The fourth-order valence-electron chi connectivity index (χ4n) is 3.65. The highest BCUT2D eigenvalue weighted by atomic mass is 32.2. The summed E-state index contributed by atoms with van der Waals surface area (Å²) in [6, 6.07) is 11.0. The normalized spacial score (nSPS) is 21.0. The molecule has 2 aromatic carbocycles. The van der Waals surface area contributed by atoms with E-state index in [4.69, 9.17) is 14.2 Å². The van der Waals surface area contributed by atoms with Crippen molar-refractivity contribution >= 4 is 10.1 Å². The molecule has 0 aliphatic carbocycles. The summed E-state index contributed by atoms with van der Waals surface area (Å²) < 4.78 is 80.5. The second-order valence-corrected chi connectivity index (χ2v) is 8.78. The third-order valence-electron chi connectivity index (χ3n) is 5.21. The van der Waals surface area contributed by atoms with Crippen molar-refractivity contribution in [3.63, 3.8) is 0 Å². The molecule has 2 aliphatic rings. The molecule has 0 aromatic heterocycles. The van der Waals surface area contributed by atoms with Crippen LogP contribution >= 0.6 is 0 Å². The third kappa shape index (κ3) is 4.82. The minimum Gasteiger partial charge on any atom is -0.493 e. The van der Waals surface area contributed by atoms with Gasteiger partial charge in [-0.1, -0.05) is 12.1 Å². The summed E-state index contributed by atoms with van der Waals surface area (Å²) >= 11 is 0. The molecule has 2 heterocycles. The number of halogens is 3. The molecule has 2 unspecified atom stereocenters. The average molecular weight is 459 g/mol. The van der Waals surface area contributed by atoms with E-state index in [2.05, 4.69) is 9.50 Å². The van der Waals surface area contributed by atoms with Crippen LogP contribution in [0.4, 0.5) is 13.2 Å². The quantitative estimate of drug-likeness (QED) is 0.524. The number of hydrogen-bond acceptors (Lipinski definition) is 7. The first-order valence-electron chi connectivity index (χ1n) is 9.57. The Morgan fingerprint density at radius 2 is 1.74 bits per heavy atom. The summed E-state index contributed by atoms with van der Waals surface area (Å²) in [7, 11) is -5.69. The van der Waals surface area contributed by atoms with Crippen LogP contribution in [0.25, 0.3) is 0 Å². The number of nitrogens with one attached hydrogen (secondary N) is 1. The third-order valence-corrected chi connectivity index (χ3v) is 6.19. The molecule has 0 spiro atoms. The van der Waals surface area contributed by atoms with Crippen molar-refractivity contribution in [2.45, 2.75) is 17.8 Å². The lowest BCUT2D eigenvalue weighted by Crippen LogP contribution is -2.38. The van der Waals surface area contributed by atoms with Crippen LogP contribution in [0.1, 0.15) is 17.9 Å². The molecule has 2 aliphatic heterocycles. The van der Waals surface area contributed by atoms with Crippen LogP contribution in [0.5, 0.6) is 23.0 Å². The lowest BCUT2D eigenvalue weighted by molar-refractivity contribution is -0.0500. The van der Waals surface area contributed by atoms with E-state index in [1.165, 1.54) is 12.1 Å². The van der Waals surface area contributed by atoms with Gasteiger partial charge in [-0.25, -0.2) is 0 Å². The van der Waals surface area contributed by atoms with Crippen molar-refractivity contribution in [2.75, 3.05) is 26.5 Å². The molecule has 0 bridgehead atoms. The monoisotopic (exact) mass is 459 g/mol. The van der Waals surface area contributed by atoms with Gasteiger partial charge in [0, 0.05) is 18.5 Å². The van der Waals surface area contributed by atoms with Gasteiger partial charge in [0.05, 0.1) is 6.61 Å². The van der Waals surface area contributed by atoms with Crippen LogP contribution < -0.4 is 23.7 Å². The predicted molar refractivity (Wildman–Crippen MR) is 104 cm³/mol. The highest BCUT2D eigenvalue weighted by Crippen LogP contribution is 2.37. The SMILES string of the molecule is O=S(=O)(Oc1ccc(C2CCNCC2COc2ccc3c(c2)OCO3)cc1)C(F)(F)F. The molecule has 1 N–H and O–H groups in total. The standard InChI is InChI=1S/C20H20F3NO6S/c21-20(22,23)31(25,26)30-15-3-1-13(2-4-15)17-7-8-24-10-14(17)11-27-16-5-6-18-19(9-16)29-12-28-18/h1-6,9,14,17,24H,7-8,10-12H2. The Labute approximate surface area is 177 Å². The fourth-order valence-corrected chi connectivity index (χ4v) is 4.11. The zero-order valence-electron chi connectivity index (χ0n) is 16.2. The van der Waals surface area contributed by atoms with Crippen LogP contribution in [0.3, 0.4) is 0 Å². The topological polar surface area (TPSA) is 83.1 Å². The second kappa shape index (κ2) is 8.46. The van der Waals surface area contributed by atoms with Crippen molar-refractivity contribution in [2.24, 2.45) is 5.92 Å². The first-order valence-corrected chi connectivity index (χ1v) is 11.0. The van der Waals surface area contributed by atoms with Crippen LogP contribution in [0, 0.1) is 5.92 Å². The van der Waals surface area contributed by atoms with Crippen molar-refractivity contribution in [3.8, 4) is 23.0 Å². The average Bonchev–Trinajstić information content (AvgIpc) is 3.20. The minimum absolute atomic E-state index is 0.0866. The Morgan fingerprint density at radius 3 is 2.48 bits per heavy atom. The van der Waals surface area contributed by atoms with Gasteiger partial charge in [0.15, 0.2) is 11.5 Å². The van der Waals surface area contributed by atoms with Crippen molar-refractivity contribution < 1.29 is 40.0 Å². The van der Waals surface area contributed by atoms with E-state index in [9.17, 15) is 21.6 Å². The first kappa shape index (κ1) is 21.6. The van der Waals surface area contributed by atoms with Gasteiger partial charge in [-0.15, -0.1) is 0 Å². The molecule has 7 nitrogen and oxygen atoms in total. The van der Waals surface area contributed by atoms with E-state index in [0.717, 1.165) is 18.5 Å². The molecule has 1 fully saturated rings. The summed E-state index contributed by atoms with van der Waals surface area (Å²) in [6.45, 7) is 2.08. The predicted octanol–water partition coefficient (Wildman–Crippen LogP) is 3.42. The fraction of sp³-hybridized carbons (Fsp3) is 0.400. The zero-order valence-corrected chi connectivity index (χ0v) is 17.0. The smallest absolute Gasteiger partial charge is 0.493 e. The maximum atomic E-state index is 12.5. The van der Waals surface area contributed by atoms with Gasteiger partial charge in [-0.3, -0.25) is 0 Å². The molecule has 168 valence electrons. The molecule has 2 atom stereocenters. The van der Waals surface area contributed by atoms with E-state index < -0.39 is 15.6 Å². The molecule has 4 rings (SSSR count). The number of rotatable bonds is 6. The summed E-state index contributed by atoms with van der Waals surface area (Å²) in [4.78, 5) is 0. The highest BCUT2D eigenvalue weighted by molar-refractivity contribution is 7.88. The van der Waals surface area contributed by atoms with E-state index in [1.54, 1.807) is 30.3 Å². The van der Waals surface area contributed by atoms with E-state index >= 15 is 0 Å². The minimum atomic E-state index is -5.69. The first-order chi connectivity index (χ1) is 14.7. The van der Waals surface area contributed by atoms with Crippen molar-refractivity contribution in [3.05, 3.63) is 48.0 Å². The summed E-state index contributed by atoms with van der Waals surface area (Å²) in [5.41, 5.74) is -4.60. The van der Waals surface area contributed by atoms with Crippen LogP contribution in [0.15, 0.2) is 42.5 Å². The molecular weight excluding hydrogens is 439 g/mol. The van der Waals surface area contributed by atoms with E-state index in [1.807, 2.05) is 0 Å². The Balaban J connectivity index is 1.42. The summed E-state index contributed by atoms with van der Waals surface area (Å²) in [6.07, 6.45) is 0.802. The molecular formula is C20H20F3NO6S. The van der Waals surface area contributed by atoms with Crippen LogP contribution in [0.2, 0.25) is 0 Å². The van der Waals surface area contributed by atoms with Gasteiger partial charge in [0.1, 0.15) is 11.5 Å².